The van der Waals surface area contributed by atoms with Crippen LogP contribution in [0.4, 0.5) is 5.69 Å². The summed E-state index contributed by atoms with van der Waals surface area (Å²) in [6, 6.07) is 16.0. The van der Waals surface area contributed by atoms with Crippen LogP contribution < -0.4 is 5.32 Å². The third-order valence-electron chi connectivity index (χ3n) is 4.31. The van der Waals surface area contributed by atoms with Gasteiger partial charge in [0.15, 0.2) is 0 Å². The zero-order valence-electron chi connectivity index (χ0n) is 14.5. The molecule has 4 rings (SSSR count). The Morgan fingerprint density at radius 1 is 1.08 bits per heavy atom. The van der Waals surface area contributed by atoms with Gasteiger partial charge in [-0.3, -0.25) is 9.78 Å². The molecular formula is C20H17N5O. The van der Waals surface area contributed by atoms with Gasteiger partial charge in [-0.05, 0) is 36.2 Å². The van der Waals surface area contributed by atoms with E-state index in [0.29, 0.717) is 5.69 Å². The fourth-order valence-corrected chi connectivity index (χ4v) is 2.93. The van der Waals surface area contributed by atoms with Crippen LogP contribution in [0.2, 0.25) is 0 Å². The highest BCUT2D eigenvalue weighted by Gasteiger charge is 2.12. The molecule has 0 fully saturated rings. The van der Waals surface area contributed by atoms with Crippen molar-refractivity contribution in [3.8, 4) is 11.1 Å². The van der Waals surface area contributed by atoms with Gasteiger partial charge in [0.05, 0.1) is 5.52 Å². The standard InChI is InChI=1S/C20H17N5O/c1-13-5-3-4-6-17(13)15-9-14-7-8-16(10-18(14)21-11-15)24-20(26)19-22-12-23-25(19)2/h3-12H,1-2H3,(H,24,26). The summed E-state index contributed by atoms with van der Waals surface area (Å²) in [5.41, 5.74) is 4.94. The Kier molecular flexibility index (Phi) is 3.93. The van der Waals surface area contributed by atoms with Crippen molar-refractivity contribution in [2.45, 2.75) is 6.92 Å². The first-order valence-electron chi connectivity index (χ1n) is 8.23. The number of rotatable bonds is 3. The molecule has 0 saturated heterocycles. The molecule has 1 amide bonds. The molecule has 2 aromatic heterocycles. The summed E-state index contributed by atoms with van der Waals surface area (Å²) in [5, 5.41) is 7.75. The van der Waals surface area contributed by atoms with Crippen molar-refractivity contribution in [3.63, 3.8) is 0 Å². The Morgan fingerprint density at radius 2 is 1.92 bits per heavy atom. The number of aryl methyl sites for hydroxylation is 2. The third-order valence-corrected chi connectivity index (χ3v) is 4.31. The number of anilines is 1. The second kappa shape index (κ2) is 6.40. The summed E-state index contributed by atoms with van der Waals surface area (Å²) in [4.78, 5) is 20.8. The molecule has 1 N–H and O–H groups in total. The quantitative estimate of drug-likeness (QED) is 0.617. The van der Waals surface area contributed by atoms with E-state index in [9.17, 15) is 4.79 Å². The van der Waals surface area contributed by atoms with Gasteiger partial charge in [-0.15, -0.1) is 0 Å². The summed E-state index contributed by atoms with van der Waals surface area (Å²) < 4.78 is 1.43. The van der Waals surface area contributed by atoms with E-state index in [1.807, 2.05) is 36.5 Å². The minimum atomic E-state index is -0.305. The van der Waals surface area contributed by atoms with Gasteiger partial charge in [-0.2, -0.15) is 5.10 Å². The van der Waals surface area contributed by atoms with Crippen LogP contribution >= 0.6 is 0 Å². The number of hydrogen-bond acceptors (Lipinski definition) is 4. The zero-order valence-corrected chi connectivity index (χ0v) is 14.5. The van der Waals surface area contributed by atoms with Gasteiger partial charge in [0.25, 0.3) is 5.91 Å². The lowest BCUT2D eigenvalue weighted by molar-refractivity contribution is 0.101. The van der Waals surface area contributed by atoms with Crippen LogP contribution in [0.1, 0.15) is 16.2 Å². The molecule has 2 heterocycles. The summed E-state index contributed by atoms with van der Waals surface area (Å²) in [6.45, 7) is 2.09. The fraction of sp³-hybridized carbons (Fsp3) is 0.100. The molecular weight excluding hydrogens is 326 g/mol. The monoisotopic (exact) mass is 343 g/mol. The van der Waals surface area contributed by atoms with Crippen LogP contribution in [0.3, 0.4) is 0 Å². The Balaban J connectivity index is 1.64. The van der Waals surface area contributed by atoms with E-state index in [4.69, 9.17) is 0 Å². The van der Waals surface area contributed by atoms with Gasteiger partial charge in [-0.1, -0.05) is 30.3 Å². The molecule has 0 saturated carbocycles. The van der Waals surface area contributed by atoms with Crippen LogP contribution in [0, 0.1) is 6.92 Å². The van der Waals surface area contributed by atoms with Crippen LogP contribution in [0.5, 0.6) is 0 Å². The van der Waals surface area contributed by atoms with Crippen LogP contribution in [-0.2, 0) is 7.05 Å². The topological polar surface area (TPSA) is 72.7 Å². The molecule has 0 aliphatic heterocycles. The highest BCUT2D eigenvalue weighted by atomic mass is 16.2. The molecule has 6 heteroatoms. The molecule has 26 heavy (non-hydrogen) atoms. The normalized spacial score (nSPS) is 10.8. The first-order chi connectivity index (χ1) is 12.6. The number of nitrogens with zero attached hydrogens (tertiary/aromatic N) is 4. The van der Waals surface area contributed by atoms with Gasteiger partial charge in [0.1, 0.15) is 6.33 Å². The Hall–Kier alpha value is -3.54. The number of carbonyl (C=O) groups is 1. The average molecular weight is 343 g/mol. The molecule has 0 aliphatic carbocycles. The first-order valence-corrected chi connectivity index (χ1v) is 8.23. The van der Waals surface area contributed by atoms with E-state index in [1.54, 1.807) is 7.05 Å². The van der Waals surface area contributed by atoms with Gasteiger partial charge in [0, 0.05) is 29.9 Å². The third kappa shape index (κ3) is 2.93. The number of aromatic nitrogens is 4. The predicted molar refractivity (Wildman–Crippen MR) is 101 cm³/mol. The number of nitrogens with one attached hydrogen (secondary N) is 1. The lowest BCUT2D eigenvalue weighted by Crippen LogP contribution is -2.17. The summed E-state index contributed by atoms with van der Waals surface area (Å²) in [7, 11) is 1.68. The highest BCUT2D eigenvalue weighted by Crippen LogP contribution is 2.26. The van der Waals surface area contributed by atoms with Crippen molar-refractivity contribution in [1.29, 1.82) is 0 Å². The van der Waals surface area contributed by atoms with Gasteiger partial charge in [-0.25, -0.2) is 9.67 Å². The van der Waals surface area contributed by atoms with Crippen molar-refractivity contribution in [3.05, 3.63) is 72.4 Å². The fourth-order valence-electron chi connectivity index (χ4n) is 2.93. The maximum Gasteiger partial charge on any atom is 0.293 e. The molecule has 0 atom stereocenters. The van der Waals surface area contributed by atoms with E-state index in [-0.39, 0.29) is 11.7 Å². The lowest BCUT2D eigenvalue weighted by atomic mass is 10.0. The second-order valence-corrected chi connectivity index (χ2v) is 6.11. The molecule has 0 unspecified atom stereocenters. The molecule has 4 aromatic rings. The molecule has 0 bridgehead atoms. The number of fused-ring (bicyclic) bond motifs is 1. The van der Waals surface area contributed by atoms with Gasteiger partial charge in [0.2, 0.25) is 5.82 Å². The lowest BCUT2D eigenvalue weighted by Gasteiger charge is -2.08. The Labute approximate surface area is 150 Å². The summed E-state index contributed by atoms with van der Waals surface area (Å²) >= 11 is 0. The largest absolute Gasteiger partial charge is 0.319 e. The van der Waals surface area contributed by atoms with Gasteiger partial charge < -0.3 is 5.32 Å². The van der Waals surface area contributed by atoms with Crippen molar-refractivity contribution in [1.82, 2.24) is 19.7 Å². The molecule has 128 valence electrons. The SMILES string of the molecule is Cc1ccccc1-c1cnc2cc(NC(=O)c3ncnn3C)ccc2c1. The van der Waals surface area contributed by atoms with Crippen LogP contribution in [-0.4, -0.2) is 25.7 Å². The van der Waals surface area contributed by atoms with Crippen LogP contribution in [0.25, 0.3) is 22.0 Å². The minimum absolute atomic E-state index is 0.257. The Bertz CT molecular complexity index is 1120. The molecule has 0 spiro atoms. The van der Waals surface area contributed by atoms with E-state index >= 15 is 0 Å². The number of amides is 1. The predicted octanol–water partition coefficient (Wildman–Crippen LogP) is 3.59. The molecule has 2 aromatic carbocycles. The number of benzene rings is 2. The van der Waals surface area contributed by atoms with Crippen molar-refractivity contribution < 1.29 is 4.79 Å². The highest BCUT2D eigenvalue weighted by molar-refractivity contribution is 6.02. The zero-order chi connectivity index (χ0) is 18.1. The minimum Gasteiger partial charge on any atom is -0.319 e. The maximum absolute atomic E-state index is 12.3. The average Bonchev–Trinajstić information content (AvgIpc) is 3.08. The van der Waals surface area contributed by atoms with Crippen molar-refractivity contribution in [2.75, 3.05) is 5.32 Å². The van der Waals surface area contributed by atoms with Crippen molar-refractivity contribution >= 4 is 22.5 Å². The van der Waals surface area contributed by atoms with Crippen LogP contribution in [0.15, 0.2) is 61.1 Å². The van der Waals surface area contributed by atoms with Gasteiger partial charge >= 0.3 is 0 Å². The van der Waals surface area contributed by atoms with E-state index in [0.717, 1.165) is 16.5 Å². The molecule has 0 aliphatic rings. The smallest absolute Gasteiger partial charge is 0.293 e. The maximum atomic E-state index is 12.3. The van der Waals surface area contributed by atoms with E-state index in [2.05, 4.69) is 45.5 Å². The number of carbonyl (C=O) groups excluding carboxylic acids is 1. The van der Waals surface area contributed by atoms with E-state index < -0.39 is 0 Å². The van der Waals surface area contributed by atoms with E-state index in [1.165, 1.54) is 22.1 Å². The number of hydrogen-bond donors (Lipinski definition) is 1. The molecule has 0 radical (unpaired) electrons. The summed E-state index contributed by atoms with van der Waals surface area (Å²) in [6.07, 6.45) is 3.21. The summed E-state index contributed by atoms with van der Waals surface area (Å²) in [5.74, 6) is -0.0474. The number of pyridine rings is 1. The molecule has 6 nitrogen and oxygen atoms in total. The second-order valence-electron chi connectivity index (χ2n) is 6.11. The first kappa shape index (κ1) is 16.0. The van der Waals surface area contributed by atoms with Crippen molar-refractivity contribution in [2.24, 2.45) is 7.05 Å². The Morgan fingerprint density at radius 3 is 2.69 bits per heavy atom.